The normalized spacial score (nSPS) is 28.6. The Labute approximate surface area is 192 Å². The first kappa shape index (κ1) is 21.5. The van der Waals surface area contributed by atoms with E-state index in [9.17, 15) is 10.0 Å². The topological polar surface area (TPSA) is 52.6 Å². The maximum atomic E-state index is 13.3. The average molecular weight is 433 g/mol. The van der Waals surface area contributed by atoms with Gasteiger partial charge in [0.15, 0.2) is 0 Å². The number of benzene rings is 2. The molecule has 4 heteroatoms. The van der Waals surface area contributed by atoms with Crippen LogP contribution < -0.4 is 5.32 Å². The lowest BCUT2D eigenvalue weighted by Crippen LogP contribution is -2.53. The second kappa shape index (κ2) is 7.91. The monoisotopic (exact) mass is 432 g/mol. The minimum atomic E-state index is -0.301. The third-order valence-electron chi connectivity index (χ3n) is 8.05. The Morgan fingerprint density at radius 2 is 1.38 bits per heavy atom. The molecule has 0 aliphatic heterocycles. The van der Waals surface area contributed by atoms with Crippen LogP contribution >= 0.6 is 0 Å². The van der Waals surface area contributed by atoms with Crippen LogP contribution in [0.3, 0.4) is 0 Å². The molecule has 4 saturated carbocycles. The van der Waals surface area contributed by atoms with Gasteiger partial charge in [-0.05, 0) is 97.1 Å². The van der Waals surface area contributed by atoms with Crippen LogP contribution in [0.2, 0.25) is 0 Å². The Kier molecular flexibility index (Phi) is 5.32. The van der Waals surface area contributed by atoms with E-state index < -0.39 is 0 Å². The molecule has 4 aliphatic carbocycles. The van der Waals surface area contributed by atoms with Gasteiger partial charge in [-0.15, -0.1) is 0 Å². The fraction of sp³-hybridized carbons (Fsp3) is 0.536. The van der Waals surface area contributed by atoms with Crippen LogP contribution in [0.4, 0.5) is 11.4 Å². The highest BCUT2D eigenvalue weighted by atomic mass is 16.5. The molecule has 4 aliphatic rings. The van der Waals surface area contributed by atoms with Gasteiger partial charge in [-0.2, -0.15) is 0 Å². The van der Waals surface area contributed by atoms with Gasteiger partial charge in [0.25, 0.3) is 5.91 Å². The molecule has 4 nitrogen and oxygen atoms in total. The number of amides is 1. The third-order valence-corrected chi connectivity index (χ3v) is 8.05. The van der Waals surface area contributed by atoms with Crippen molar-refractivity contribution in [3.63, 3.8) is 0 Å². The molecule has 170 valence electrons. The largest absolute Gasteiger partial charge is 0.356 e. The van der Waals surface area contributed by atoms with Gasteiger partial charge >= 0.3 is 0 Å². The second-order valence-corrected chi connectivity index (χ2v) is 11.7. The highest BCUT2D eigenvalue weighted by Gasteiger charge is 2.55. The van der Waals surface area contributed by atoms with Gasteiger partial charge in [0.05, 0.1) is 12.0 Å². The quantitative estimate of drug-likeness (QED) is 0.410. The maximum Gasteiger partial charge on any atom is 0.252 e. The van der Waals surface area contributed by atoms with E-state index >= 15 is 0 Å². The molecule has 4 fully saturated rings. The van der Waals surface area contributed by atoms with Gasteiger partial charge in [0.2, 0.25) is 0 Å². The van der Waals surface area contributed by atoms with E-state index in [2.05, 4.69) is 50.4 Å². The van der Waals surface area contributed by atoms with Gasteiger partial charge in [-0.25, -0.2) is 5.06 Å². The molecule has 0 saturated heterocycles. The summed E-state index contributed by atoms with van der Waals surface area (Å²) in [6.45, 7) is 6.90. The summed E-state index contributed by atoms with van der Waals surface area (Å²) in [7, 11) is 0. The Balaban J connectivity index is 1.21. The molecule has 2 aromatic rings. The first-order chi connectivity index (χ1) is 15.2. The van der Waals surface area contributed by atoms with Crippen molar-refractivity contribution in [3.05, 3.63) is 59.7 Å². The molecule has 6 rings (SSSR count). The van der Waals surface area contributed by atoms with E-state index in [-0.39, 0.29) is 23.3 Å². The molecule has 0 radical (unpaired) electrons. The van der Waals surface area contributed by atoms with Crippen molar-refractivity contribution in [1.29, 1.82) is 0 Å². The van der Waals surface area contributed by atoms with Gasteiger partial charge < -0.3 is 5.32 Å². The first-order valence-electron chi connectivity index (χ1n) is 12.2. The summed E-state index contributed by atoms with van der Waals surface area (Å²) in [5.41, 5.74) is 4.14. The number of nitrogens with one attached hydrogen (secondary N) is 1. The lowest BCUT2D eigenvalue weighted by atomic mass is 9.49. The minimum absolute atomic E-state index is 0.0438. The molecule has 2 N–H and O–H groups in total. The summed E-state index contributed by atoms with van der Waals surface area (Å²) in [5.74, 6) is 2.04. The summed E-state index contributed by atoms with van der Waals surface area (Å²) in [6, 6.07) is 16.5. The summed E-state index contributed by atoms with van der Waals surface area (Å²) in [6.07, 6.45) is 6.82. The molecular formula is C28H36N2O2. The van der Waals surface area contributed by atoms with E-state index in [0.717, 1.165) is 41.3 Å². The average Bonchev–Trinajstić information content (AvgIpc) is 2.73. The van der Waals surface area contributed by atoms with Crippen molar-refractivity contribution in [2.45, 2.75) is 71.3 Å². The molecule has 0 unspecified atom stereocenters. The zero-order valence-corrected chi connectivity index (χ0v) is 19.6. The van der Waals surface area contributed by atoms with Crippen LogP contribution in [0.15, 0.2) is 48.5 Å². The van der Waals surface area contributed by atoms with Crippen molar-refractivity contribution in [1.82, 2.24) is 5.06 Å². The maximum absolute atomic E-state index is 13.3. The van der Waals surface area contributed by atoms with Crippen molar-refractivity contribution in [2.75, 3.05) is 5.32 Å². The van der Waals surface area contributed by atoms with E-state index in [0.29, 0.717) is 17.8 Å². The molecule has 4 bridgehead atoms. The van der Waals surface area contributed by atoms with Gasteiger partial charge in [0, 0.05) is 11.4 Å². The summed E-state index contributed by atoms with van der Waals surface area (Å²) >= 11 is 0. The predicted molar refractivity (Wildman–Crippen MR) is 128 cm³/mol. The number of anilines is 2. The lowest BCUT2D eigenvalue weighted by Gasteiger charge is -2.56. The van der Waals surface area contributed by atoms with Gasteiger partial charge in [-0.1, -0.05) is 45.0 Å². The van der Waals surface area contributed by atoms with Crippen molar-refractivity contribution in [2.24, 2.45) is 23.2 Å². The Morgan fingerprint density at radius 1 is 0.906 bits per heavy atom. The fourth-order valence-electron chi connectivity index (χ4n) is 6.80. The minimum Gasteiger partial charge on any atom is -0.356 e. The molecule has 0 aromatic heterocycles. The van der Waals surface area contributed by atoms with Crippen molar-refractivity contribution < 1.29 is 10.0 Å². The smallest absolute Gasteiger partial charge is 0.252 e. The third kappa shape index (κ3) is 4.17. The summed E-state index contributed by atoms with van der Waals surface area (Å²) in [5, 5.41) is 15.1. The van der Waals surface area contributed by atoms with Crippen LogP contribution in [-0.2, 0) is 16.8 Å². The van der Waals surface area contributed by atoms with E-state index in [1.54, 1.807) is 0 Å². The Bertz CT molecular complexity index is 937. The van der Waals surface area contributed by atoms with Crippen LogP contribution in [0.25, 0.3) is 0 Å². The molecule has 0 spiro atoms. The predicted octanol–water partition coefficient (Wildman–Crippen LogP) is 6.66. The standard InChI is InChI=1S/C28H36N2O2/c1-27(2,3)23-6-10-25(11-7-23)29-24-8-4-19(5-9-24)18-30(32)26(31)28-15-20-12-21(16-28)14-22(13-20)17-28/h4-11,20-22,29,32H,12-18H2,1-3H3. The van der Waals surface area contributed by atoms with E-state index in [1.807, 2.05) is 24.3 Å². The second-order valence-electron chi connectivity index (χ2n) is 11.7. The Hall–Kier alpha value is -2.33. The summed E-state index contributed by atoms with van der Waals surface area (Å²) < 4.78 is 0. The summed E-state index contributed by atoms with van der Waals surface area (Å²) in [4.78, 5) is 13.3. The highest BCUT2D eigenvalue weighted by molar-refractivity contribution is 5.82. The van der Waals surface area contributed by atoms with Crippen LogP contribution in [0.5, 0.6) is 0 Å². The molecule has 2 aromatic carbocycles. The number of hydrogen-bond donors (Lipinski definition) is 2. The van der Waals surface area contributed by atoms with Gasteiger partial charge in [0.1, 0.15) is 0 Å². The van der Waals surface area contributed by atoms with Crippen LogP contribution in [0, 0.1) is 23.2 Å². The number of hydroxylamine groups is 2. The molecule has 0 heterocycles. The van der Waals surface area contributed by atoms with E-state index in [4.69, 9.17) is 0 Å². The number of hydrogen-bond acceptors (Lipinski definition) is 3. The zero-order valence-electron chi connectivity index (χ0n) is 19.6. The Morgan fingerprint density at radius 3 is 1.84 bits per heavy atom. The zero-order chi connectivity index (χ0) is 22.5. The number of nitrogens with zero attached hydrogens (tertiary/aromatic N) is 1. The molecule has 0 atom stereocenters. The number of carbonyl (C=O) groups is 1. The van der Waals surface area contributed by atoms with Gasteiger partial charge in [-0.3, -0.25) is 10.0 Å². The SMILES string of the molecule is CC(C)(C)c1ccc(Nc2ccc(CN(O)C(=O)C34CC5CC(CC(C5)C3)C4)cc2)cc1. The van der Waals surface area contributed by atoms with Crippen molar-refractivity contribution in [3.8, 4) is 0 Å². The van der Waals surface area contributed by atoms with Crippen molar-refractivity contribution >= 4 is 17.3 Å². The molecule has 32 heavy (non-hydrogen) atoms. The highest BCUT2D eigenvalue weighted by Crippen LogP contribution is 2.60. The lowest BCUT2D eigenvalue weighted by molar-refractivity contribution is -0.193. The number of carbonyl (C=O) groups excluding carboxylic acids is 1. The first-order valence-corrected chi connectivity index (χ1v) is 12.2. The fourth-order valence-corrected chi connectivity index (χ4v) is 6.80. The number of rotatable bonds is 5. The molecule has 1 amide bonds. The van der Waals surface area contributed by atoms with E-state index in [1.165, 1.54) is 24.8 Å². The van der Waals surface area contributed by atoms with Crippen LogP contribution in [0.1, 0.15) is 70.4 Å². The van der Waals surface area contributed by atoms with Crippen LogP contribution in [-0.4, -0.2) is 16.2 Å². The molecular weight excluding hydrogens is 396 g/mol.